The predicted molar refractivity (Wildman–Crippen MR) is 119 cm³/mol. The van der Waals surface area contributed by atoms with Crippen molar-refractivity contribution in [3.63, 3.8) is 0 Å². The van der Waals surface area contributed by atoms with E-state index >= 15 is 0 Å². The molecule has 2 aromatic rings. The summed E-state index contributed by atoms with van der Waals surface area (Å²) in [6.45, 7) is 12.1. The highest BCUT2D eigenvalue weighted by atomic mass is 15.3. The van der Waals surface area contributed by atoms with Gasteiger partial charge in [-0.1, -0.05) is 6.07 Å². The van der Waals surface area contributed by atoms with Crippen molar-refractivity contribution in [2.45, 2.75) is 53.6 Å². The molecule has 0 spiro atoms. The average molecular weight is 385 g/mol. The topological polar surface area (TPSA) is 57.5 Å². The third-order valence-corrected chi connectivity index (χ3v) is 5.15. The fourth-order valence-electron chi connectivity index (χ4n) is 3.32. The van der Waals surface area contributed by atoms with Crippen molar-refractivity contribution >= 4 is 11.6 Å². The number of nitrogens with one attached hydrogen (secondary N) is 2. The molecule has 1 heterocycles. The molecule has 154 valence electrons. The van der Waals surface area contributed by atoms with Crippen LogP contribution in [0, 0.1) is 20.8 Å². The molecule has 0 amide bonds. The first-order valence-corrected chi connectivity index (χ1v) is 10.0. The highest BCUT2D eigenvalue weighted by Crippen LogP contribution is 2.18. The summed E-state index contributed by atoms with van der Waals surface area (Å²) in [5.74, 6) is 0.852. The summed E-state index contributed by atoms with van der Waals surface area (Å²) >= 11 is 0. The number of benzene rings is 1. The lowest BCUT2D eigenvalue weighted by molar-refractivity contribution is 0.635. The van der Waals surface area contributed by atoms with Gasteiger partial charge >= 0.3 is 0 Å². The lowest BCUT2D eigenvalue weighted by atomic mass is 10.1. The van der Waals surface area contributed by atoms with Gasteiger partial charge in [0, 0.05) is 45.1 Å². The van der Waals surface area contributed by atoms with Gasteiger partial charge in [0.15, 0.2) is 5.96 Å². The van der Waals surface area contributed by atoms with Crippen LogP contribution in [-0.2, 0) is 20.0 Å². The van der Waals surface area contributed by atoms with E-state index in [0.717, 1.165) is 24.6 Å². The van der Waals surface area contributed by atoms with Crippen molar-refractivity contribution in [3.05, 3.63) is 46.3 Å². The van der Waals surface area contributed by atoms with Crippen LogP contribution in [0.2, 0.25) is 0 Å². The summed E-state index contributed by atoms with van der Waals surface area (Å²) in [4.78, 5) is 6.93. The summed E-state index contributed by atoms with van der Waals surface area (Å²) in [5.41, 5.74) is 7.37. The van der Waals surface area contributed by atoms with Gasteiger partial charge in [0.05, 0.1) is 12.2 Å². The molecule has 1 unspecified atom stereocenters. The fraction of sp³-hybridized carbons (Fsp3) is 0.545. The zero-order chi connectivity index (χ0) is 20.8. The van der Waals surface area contributed by atoms with Crippen LogP contribution in [0.15, 0.2) is 23.2 Å². The van der Waals surface area contributed by atoms with Crippen LogP contribution in [0.3, 0.4) is 0 Å². The number of rotatable bonds is 7. The Morgan fingerprint density at radius 2 is 1.96 bits per heavy atom. The molecule has 0 aliphatic rings. The summed E-state index contributed by atoms with van der Waals surface area (Å²) in [6, 6.07) is 6.79. The lowest BCUT2D eigenvalue weighted by Gasteiger charge is -2.19. The van der Waals surface area contributed by atoms with Gasteiger partial charge in [-0.3, -0.25) is 4.68 Å². The normalized spacial score (nSPS) is 12.8. The van der Waals surface area contributed by atoms with Crippen LogP contribution >= 0.6 is 0 Å². The smallest absolute Gasteiger partial charge is 0.191 e. The molecule has 1 aromatic carbocycles. The first kappa shape index (κ1) is 21.8. The van der Waals surface area contributed by atoms with Gasteiger partial charge in [0.1, 0.15) is 0 Å². The van der Waals surface area contributed by atoms with E-state index in [0.29, 0.717) is 6.54 Å². The van der Waals surface area contributed by atoms with E-state index in [1.807, 2.05) is 11.7 Å². The van der Waals surface area contributed by atoms with E-state index in [1.54, 1.807) is 0 Å². The Balaban J connectivity index is 2.07. The summed E-state index contributed by atoms with van der Waals surface area (Å²) in [5, 5.41) is 11.4. The Labute approximate surface area is 170 Å². The van der Waals surface area contributed by atoms with Crippen molar-refractivity contribution in [3.8, 4) is 0 Å². The molecule has 0 radical (unpaired) electrons. The van der Waals surface area contributed by atoms with Crippen molar-refractivity contribution in [2.24, 2.45) is 12.0 Å². The molecule has 1 aromatic heterocycles. The monoisotopic (exact) mass is 384 g/mol. The molecule has 0 saturated heterocycles. The van der Waals surface area contributed by atoms with Crippen molar-refractivity contribution in [1.29, 1.82) is 0 Å². The van der Waals surface area contributed by atoms with Gasteiger partial charge in [-0.2, -0.15) is 5.10 Å². The number of aryl methyl sites for hydroxylation is 3. The van der Waals surface area contributed by atoms with E-state index in [-0.39, 0.29) is 6.04 Å². The second-order valence-electron chi connectivity index (χ2n) is 7.72. The molecule has 2 N–H and O–H groups in total. The number of aliphatic imine (C=N–C) groups is 1. The zero-order valence-electron chi connectivity index (χ0n) is 18.7. The van der Waals surface area contributed by atoms with Crippen molar-refractivity contribution < 1.29 is 0 Å². The molecule has 28 heavy (non-hydrogen) atoms. The quantitative estimate of drug-likeness (QED) is 0.569. The third kappa shape index (κ3) is 5.50. The van der Waals surface area contributed by atoms with Crippen LogP contribution in [0.4, 0.5) is 5.69 Å². The summed E-state index contributed by atoms with van der Waals surface area (Å²) in [7, 11) is 6.12. The molecule has 6 heteroatoms. The molecule has 0 saturated carbocycles. The second-order valence-corrected chi connectivity index (χ2v) is 7.72. The Bertz CT molecular complexity index is 819. The highest BCUT2D eigenvalue weighted by molar-refractivity contribution is 5.80. The third-order valence-electron chi connectivity index (χ3n) is 5.15. The number of hydrogen-bond donors (Lipinski definition) is 2. The summed E-state index contributed by atoms with van der Waals surface area (Å²) in [6.07, 6.45) is 0.923. The molecule has 0 bridgehead atoms. The van der Waals surface area contributed by atoms with E-state index in [4.69, 9.17) is 4.99 Å². The van der Waals surface area contributed by atoms with Gasteiger partial charge < -0.3 is 15.5 Å². The molecule has 0 aliphatic carbocycles. The number of aromatic nitrogens is 2. The molecule has 2 rings (SSSR count). The van der Waals surface area contributed by atoms with E-state index in [1.165, 1.54) is 28.1 Å². The lowest BCUT2D eigenvalue weighted by Crippen LogP contribution is -2.43. The van der Waals surface area contributed by atoms with Crippen LogP contribution in [-0.4, -0.2) is 42.4 Å². The number of nitrogens with zero attached hydrogens (tertiary/aromatic N) is 4. The zero-order valence-corrected chi connectivity index (χ0v) is 18.7. The van der Waals surface area contributed by atoms with Crippen molar-refractivity contribution in [2.75, 3.05) is 25.5 Å². The van der Waals surface area contributed by atoms with Crippen LogP contribution < -0.4 is 15.5 Å². The van der Waals surface area contributed by atoms with E-state index < -0.39 is 0 Å². The largest absolute Gasteiger partial charge is 0.378 e. The van der Waals surface area contributed by atoms with Gasteiger partial charge in [0.2, 0.25) is 0 Å². The molecular weight excluding hydrogens is 348 g/mol. The van der Waals surface area contributed by atoms with E-state index in [9.17, 15) is 0 Å². The van der Waals surface area contributed by atoms with Crippen LogP contribution in [0.25, 0.3) is 0 Å². The molecule has 0 aliphatic heterocycles. The van der Waals surface area contributed by atoms with Gasteiger partial charge in [-0.05, 0) is 69.9 Å². The minimum absolute atomic E-state index is 0.261. The maximum Gasteiger partial charge on any atom is 0.191 e. The first-order chi connectivity index (χ1) is 13.2. The van der Waals surface area contributed by atoms with Gasteiger partial charge in [-0.15, -0.1) is 0 Å². The maximum atomic E-state index is 4.81. The maximum absolute atomic E-state index is 4.81. The molecule has 0 fully saturated rings. The first-order valence-electron chi connectivity index (χ1n) is 10.0. The Hall–Kier alpha value is -2.50. The standard InChI is InChI=1S/C22H36N6/c1-9-23-22(24-14-19-10-11-20(27(6)7)12-15(19)2)25-16(3)13-21-17(4)26-28(8)18(21)5/h10-12,16H,9,13-14H2,1-8H3,(H2,23,24,25). The molecule has 1 atom stereocenters. The van der Waals surface area contributed by atoms with Crippen LogP contribution in [0.1, 0.15) is 41.9 Å². The Kier molecular flexibility index (Phi) is 7.49. The summed E-state index contributed by atoms with van der Waals surface area (Å²) < 4.78 is 1.96. The Morgan fingerprint density at radius 1 is 1.25 bits per heavy atom. The molecule has 6 nitrogen and oxygen atoms in total. The predicted octanol–water partition coefficient (Wildman–Crippen LogP) is 3.10. The number of hydrogen-bond acceptors (Lipinski definition) is 3. The molecular formula is C22H36N6. The van der Waals surface area contributed by atoms with Crippen LogP contribution in [0.5, 0.6) is 0 Å². The number of anilines is 1. The van der Waals surface area contributed by atoms with Gasteiger partial charge in [0.25, 0.3) is 0 Å². The Morgan fingerprint density at radius 3 is 2.50 bits per heavy atom. The second kappa shape index (κ2) is 9.62. The minimum Gasteiger partial charge on any atom is -0.378 e. The minimum atomic E-state index is 0.261. The van der Waals surface area contributed by atoms with E-state index in [2.05, 4.69) is 87.5 Å². The number of guanidine groups is 1. The SMILES string of the molecule is CCNC(=NCc1ccc(N(C)C)cc1C)NC(C)Cc1c(C)nn(C)c1C. The fourth-order valence-corrected chi connectivity index (χ4v) is 3.32. The van der Waals surface area contributed by atoms with Gasteiger partial charge in [-0.25, -0.2) is 4.99 Å². The van der Waals surface area contributed by atoms with Crippen molar-refractivity contribution in [1.82, 2.24) is 20.4 Å². The average Bonchev–Trinajstić information content (AvgIpc) is 2.86. The highest BCUT2D eigenvalue weighted by Gasteiger charge is 2.14.